The van der Waals surface area contributed by atoms with Gasteiger partial charge >= 0.3 is 0 Å². The lowest BCUT2D eigenvalue weighted by molar-refractivity contribution is -0.120. The molecule has 0 aliphatic rings. The van der Waals surface area contributed by atoms with Gasteiger partial charge in [-0.1, -0.05) is 19.4 Å². The highest BCUT2D eigenvalue weighted by Crippen LogP contribution is 2.16. The maximum absolute atomic E-state index is 11.9. The number of hydrogen-bond acceptors (Lipinski definition) is 2. The molecule has 0 radical (unpaired) electrons. The van der Waals surface area contributed by atoms with Crippen LogP contribution in [0.25, 0.3) is 0 Å². The molecular formula is C12H18ClIN2O. The third-order valence-electron chi connectivity index (χ3n) is 2.37. The molecule has 0 saturated heterocycles. The maximum atomic E-state index is 11.9. The van der Waals surface area contributed by atoms with Crippen molar-refractivity contribution in [1.82, 2.24) is 0 Å². The fourth-order valence-electron chi connectivity index (χ4n) is 1.47. The van der Waals surface area contributed by atoms with E-state index >= 15 is 0 Å². The molecule has 1 atom stereocenters. The molecule has 3 nitrogen and oxygen atoms in total. The Morgan fingerprint density at radius 3 is 2.71 bits per heavy atom. The Balaban J connectivity index is 0.00000256. The van der Waals surface area contributed by atoms with E-state index in [0.29, 0.717) is 6.42 Å². The van der Waals surface area contributed by atoms with Gasteiger partial charge in [-0.05, 0) is 54.1 Å². The highest BCUT2D eigenvalue weighted by atomic mass is 127. The molecular weight excluding hydrogens is 351 g/mol. The second kappa shape index (κ2) is 7.18. The van der Waals surface area contributed by atoms with E-state index in [0.717, 1.165) is 15.7 Å². The molecule has 0 aromatic heterocycles. The third kappa shape index (κ3) is 5.23. The number of rotatable bonds is 4. The summed E-state index contributed by atoms with van der Waals surface area (Å²) in [6.45, 7) is 3.78. The topological polar surface area (TPSA) is 55.1 Å². The van der Waals surface area contributed by atoms with Crippen LogP contribution >= 0.6 is 35.0 Å². The lowest BCUT2D eigenvalue weighted by atomic mass is 9.96. The summed E-state index contributed by atoms with van der Waals surface area (Å²) in [5.41, 5.74) is 5.94. The van der Waals surface area contributed by atoms with E-state index in [1.165, 1.54) is 0 Å². The highest BCUT2D eigenvalue weighted by Gasteiger charge is 2.26. The molecule has 1 aromatic rings. The van der Waals surface area contributed by atoms with Gasteiger partial charge in [0, 0.05) is 9.26 Å². The molecule has 1 aromatic carbocycles. The molecule has 1 rings (SSSR count). The molecule has 0 spiro atoms. The SMILES string of the molecule is CCCC(C)(N)C(=O)Nc1cccc(I)c1.Cl. The molecule has 96 valence electrons. The molecule has 5 heteroatoms. The van der Waals surface area contributed by atoms with Crippen LogP contribution in [0.4, 0.5) is 5.69 Å². The molecule has 17 heavy (non-hydrogen) atoms. The Hall–Kier alpha value is -0.330. The van der Waals surface area contributed by atoms with Gasteiger partial charge in [-0.3, -0.25) is 4.79 Å². The number of benzene rings is 1. The quantitative estimate of drug-likeness (QED) is 0.802. The van der Waals surface area contributed by atoms with Crippen LogP contribution in [-0.4, -0.2) is 11.4 Å². The average Bonchev–Trinajstić information content (AvgIpc) is 2.17. The normalized spacial score (nSPS) is 13.4. The Bertz CT molecular complexity index is 383. The Morgan fingerprint density at radius 2 is 2.18 bits per heavy atom. The molecule has 0 heterocycles. The average molecular weight is 369 g/mol. The maximum Gasteiger partial charge on any atom is 0.244 e. The minimum absolute atomic E-state index is 0. The summed E-state index contributed by atoms with van der Waals surface area (Å²) in [6.07, 6.45) is 1.58. The van der Waals surface area contributed by atoms with Gasteiger partial charge in [0.25, 0.3) is 0 Å². The van der Waals surface area contributed by atoms with Crippen molar-refractivity contribution in [1.29, 1.82) is 0 Å². The summed E-state index contributed by atoms with van der Waals surface area (Å²) in [7, 11) is 0. The molecule has 0 aliphatic heterocycles. The highest BCUT2D eigenvalue weighted by molar-refractivity contribution is 14.1. The minimum Gasteiger partial charge on any atom is -0.324 e. The van der Waals surface area contributed by atoms with Crippen LogP contribution in [0.15, 0.2) is 24.3 Å². The van der Waals surface area contributed by atoms with Crippen LogP contribution in [-0.2, 0) is 4.79 Å². The van der Waals surface area contributed by atoms with E-state index in [4.69, 9.17) is 5.73 Å². The molecule has 1 unspecified atom stereocenters. The van der Waals surface area contributed by atoms with E-state index in [1.54, 1.807) is 6.92 Å². The summed E-state index contributed by atoms with van der Waals surface area (Å²) in [6, 6.07) is 7.66. The smallest absolute Gasteiger partial charge is 0.244 e. The number of nitrogens with one attached hydrogen (secondary N) is 1. The predicted molar refractivity (Wildman–Crippen MR) is 82.5 cm³/mol. The summed E-state index contributed by atoms with van der Waals surface area (Å²) in [5.74, 6) is -0.128. The van der Waals surface area contributed by atoms with E-state index in [2.05, 4.69) is 27.9 Å². The van der Waals surface area contributed by atoms with Crippen molar-refractivity contribution < 1.29 is 4.79 Å². The van der Waals surface area contributed by atoms with E-state index < -0.39 is 5.54 Å². The van der Waals surface area contributed by atoms with Gasteiger partial charge in [0.2, 0.25) is 5.91 Å². The summed E-state index contributed by atoms with van der Waals surface area (Å²) in [5, 5.41) is 2.84. The van der Waals surface area contributed by atoms with Gasteiger partial charge in [-0.25, -0.2) is 0 Å². The molecule has 0 aliphatic carbocycles. The fraction of sp³-hybridized carbons (Fsp3) is 0.417. The van der Waals surface area contributed by atoms with Crippen molar-refractivity contribution in [3.63, 3.8) is 0 Å². The number of anilines is 1. The van der Waals surface area contributed by atoms with E-state index in [1.807, 2.05) is 31.2 Å². The van der Waals surface area contributed by atoms with Gasteiger partial charge in [0.1, 0.15) is 0 Å². The first-order valence-electron chi connectivity index (χ1n) is 5.31. The third-order valence-corrected chi connectivity index (χ3v) is 3.04. The first kappa shape index (κ1) is 16.7. The molecule has 0 bridgehead atoms. The van der Waals surface area contributed by atoms with Crippen molar-refractivity contribution in [2.75, 3.05) is 5.32 Å². The van der Waals surface area contributed by atoms with Crippen LogP contribution in [0.3, 0.4) is 0 Å². The standard InChI is InChI=1S/C12H17IN2O.ClH/c1-3-7-12(2,14)11(16)15-10-6-4-5-9(13)8-10;/h4-6,8H,3,7,14H2,1-2H3,(H,15,16);1H. The van der Waals surface area contributed by atoms with Crippen molar-refractivity contribution >= 4 is 46.6 Å². The van der Waals surface area contributed by atoms with Crippen LogP contribution in [0.2, 0.25) is 0 Å². The largest absolute Gasteiger partial charge is 0.324 e. The molecule has 3 N–H and O–H groups in total. The van der Waals surface area contributed by atoms with Crippen LogP contribution in [0, 0.1) is 3.57 Å². The molecule has 0 saturated carbocycles. The summed E-state index contributed by atoms with van der Waals surface area (Å²) >= 11 is 2.21. The second-order valence-corrected chi connectivity index (χ2v) is 5.38. The van der Waals surface area contributed by atoms with Gasteiger partial charge in [0.05, 0.1) is 5.54 Å². The Morgan fingerprint density at radius 1 is 1.53 bits per heavy atom. The van der Waals surface area contributed by atoms with Crippen LogP contribution < -0.4 is 11.1 Å². The molecule has 0 fully saturated rings. The Kier molecular flexibility index (Phi) is 7.04. The van der Waals surface area contributed by atoms with Gasteiger partial charge < -0.3 is 11.1 Å². The summed E-state index contributed by atoms with van der Waals surface area (Å²) < 4.78 is 1.09. The van der Waals surface area contributed by atoms with Gasteiger partial charge in [0.15, 0.2) is 0 Å². The zero-order chi connectivity index (χ0) is 12.2. The lowest BCUT2D eigenvalue weighted by Gasteiger charge is -2.22. The van der Waals surface area contributed by atoms with Crippen molar-refractivity contribution in [3.8, 4) is 0 Å². The van der Waals surface area contributed by atoms with Crippen LogP contribution in [0.5, 0.6) is 0 Å². The van der Waals surface area contributed by atoms with Crippen molar-refractivity contribution in [2.24, 2.45) is 5.73 Å². The summed E-state index contributed by atoms with van der Waals surface area (Å²) in [4.78, 5) is 11.9. The number of nitrogens with two attached hydrogens (primary N) is 1. The first-order chi connectivity index (χ1) is 7.45. The number of carbonyl (C=O) groups is 1. The second-order valence-electron chi connectivity index (χ2n) is 4.13. The number of amides is 1. The zero-order valence-corrected chi connectivity index (χ0v) is 13.0. The zero-order valence-electron chi connectivity index (χ0n) is 10.00. The monoisotopic (exact) mass is 368 g/mol. The lowest BCUT2D eigenvalue weighted by Crippen LogP contribution is -2.48. The van der Waals surface area contributed by atoms with Crippen LogP contribution in [0.1, 0.15) is 26.7 Å². The van der Waals surface area contributed by atoms with E-state index in [-0.39, 0.29) is 18.3 Å². The van der Waals surface area contributed by atoms with Gasteiger partial charge in [-0.2, -0.15) is 0 Å². The van der Waals surface area contributed by atoms with Crippen molar-refractivity contribution in [2.45, 2.75) is 32.2 Å². The molecule has 1 amide bonds. The van der Waals surface area contributed by atoms with E-state index in [9.17, 15) is 4.79 Å². The first-order valence-corrected chi connectivity index (χ1v) is 6.39. The minimum atomic E-state index is -0.796. The number of carbonyl (C=O) groups excluding carboxylic acids is 1. The van der Waals surface area contributed by atoms with Crippen molar-refractivity contribution in [3.05, 3.63) is 27.8 Å². The predicted octanol–water partition coefficient (Wildman–Crippen LogP) is 3.17. The fourth-order valence-corrected chi connectivity index (χ4v) is 2.02. The number of halogens is 2. The Labute approximate surface area is 122 Å². The number of hydrogen-bond donors (Lipinski definition) is 2. The van der Waals surface area contributed by atoms with Gasteiger partial charge in [-0.15, -0.1) is 12.4 Å².